The lowest BCUT2D eigenvalue weighted by Crippen LogP contribution is -2.23. The smallest absolute Gasteiger partial charge is 0.259 e. The SMILES string of the molecule is C/C=C/C=C/C(=C/N(C)C)C(=O)NC=O.CC.CC. The molecule has 4 nitrogen and oxygen atoms in total. The molecule has 2 amide bonds. The minimum atomic E-state index is -0.417. The fourth-order valence-electron chi connectivity index (χ4n) is 0.863. The van der Waals surface area contributed by atoms with Crippen LogP contribution in [0.25, 0.3) is 0 Å². The number of amides is 2. The number of allylic oxidation sites excluding steroid dienone is 3. The van der Waals surface area contributed by atoms with E-state index in [9.17, 15) is 9.59 Å². The van der Waals surface area contributed by atoms with Gasteiger partial charge in [-0.05, 0) is 13.0 Å². The van der Waals surface area contributed by atoms with Gasteiger partial charge in [-0.2, -0.15) is 0 Å². The zero-order valence-corrected chi connectivity index (χ0v) is 13.2. The van der Waals surface area contributed by atoms with E-state index in [1.807, 2.05) is 40.7 Å². The second-order valence-electron chi connectivity index (χ2n) is 3.02. The molecule has 0 atom stereocenters. The number of rotatable bonds is 5. The van der Waals surface area contributed by atoms with Gasteiger partial charge in [0.2, 0.25) is 6.41 Å². The van der Waals surface area contributed by atoms with Gasteiger partial charge in [-0.25, -0.2) is 0 Å². The molecular formula is C15H28N2O2. The van der Waals surface area contributed by atoms with Crippen molar-refractivity contribution in [1.29, 1.82) is 0 Å². The van der Waals surface area contributed by atoms with Gasteiger partial charge in [-0.3, -0.25) is 14.9 Å². The molecule has 0 saturated carbocycles. The van der Waals surface area contributed by atoms with Crippen molar-refractivity contribution in [2.75, 3.05) is 14.1 Å². The standard InChI is InChI=1S/C11H16N2O2.2C2H6/c1-4-5-6-7-10(8-13(2)3)11(15)12-9-14;2*1-2/h4-9H,1-3H3,(H,12,14,15);2*1-2H3/b5-4+,7-6+,10-8-;;. The topological polar surface area (TPSA) is 49.4 Å². The van der Waals surface area contributed by atoms with Crippen LogP contribution in [0.3, 0.4) is 0 Å². The average Bonchev–Trinajstić information content (AvgIpc) is 2.42. The summed E-state index contributed by atoms with van der Waals surface area (Å²) in [5.74, 6) is -0.417. The highest BCUT2D eigenvalue weighted by atomic mass is 16.2. The lowest BCUT2D eigenvalue weighted by Gasteiger charge is -2.07. The van der Waals surface area contributed by atoms with E-state index < -0.39 is 5.91 Å². The van der Waals surface area contributed by atoms with Crippen LogP contribution in [0.15, 0.2) is 36.1 Å². The molecule has 0 fully saturated rings. The fourth-order valence-corrected chi connectivity index (χ4v) is 0.863. The van der Waals surface area contributed by atoms with Crippen molar-refractivity contribution in [1.82, 2.24) is 10.2 Å². The number of hydrogen-bond acceptors (Lipinski definition) is 3. The first kappa shape index (κ1) is 22.3. The molecule has 0 aromatic heterocycles. The highest BCUT2D eigenvalue weighted by molar-refractivity contribution is 6.01. The predicted octanol–water partition coefficient (Wildman–Crippen LogP) is 2.89. The fraction of sp³-hybridized carbons (Fsp3) is 0.467. The Morgan fingerprint density at radius 3 is 1.95 bits per heavy atom. The van der Waals surface area contributed by atoms with E-state index in [2.05, 4.69) is 5.32 Å². The van der Waals surface area contributed by atoms with E-state index in [1.165, 1.54) is 0 Å². The van der Waals surface area contributed by atoms with Crippen molar-refractivity contribution in [2.24, 2.45) is 0 Å². The van der Waals surface area contributed by atoms with Crippen LogP contribution in [0.5, 0.6) is 0 Å². The van der Waals surface area contributed by atoms with E-state index >= 15 is 0 Å². The summed E-state index contributed by atoms with van der Waals surface area (Å²) >= 11 is 0. The summed E-state index contributed by atoms with van der Waals surface area (Å²) in [4.78, 5) is 23.2. The number of carbonyl (C=O) groups excluding carboxylic acids is 2. The minimum absolute atomic E-state index is 0.370. The van der Waals surface area contributed by atoms with Crippen LogP contribution in [-0.4, -0.2) is 31.3 Å². The van der Waals surface area contributed by atoms with Gasteiger partial charge < -0.3 is 4.90 Å². The van der Waals surface area contributed by atoms with E-state index in [4.69, 9.17) is 0 Å². The maximum absolute atomic E-state index is 11.4. The van der Waals surface area contributed by atoms with Crippen LogP contribution in [0.2, 0.25) is 0 Å². The molecule has 0 aromatic carbocycles. The molecule has 0 aromatic rings. The third kappa shape index (κ3) is 16.2. The zero-order valence-electron chi connectivity index (χ0n) is 13.2. The van der Waals surface area contributed by atoms with Gasteiger partial charge >= 0.3 is 0 Å². The molecule has 0 saturated heterocycles. The molecule has 4 heteroatoms. The first-order valence-electron chi connectivity index (χ1n) is 6.54. The molecule has 0 bridgehead atoms. The van der Waals surface area contributed by atoms with Gasteiger partial charge in [0.25, 0.3) is 5.91 Å². The minimum Gasteiger partial charge on any atom is -0.383 e. The average molecular weight is 268 g/mol. The van der Waals surface area contributed by atoms with E-state index in [0.29, 0.717) is 12.0 Å². The Kier molecular flexibility index (Phi) is 21.8. The number of imide groups is 1. The lowest BCUT2D eigenvalue weighted by atomic mass is 10.2. The molecule has 0 aliphatic rings. The maximum Gasteiger partial charge on any atom is 0.259 e. The van der Waals surface area contributed by atoms with Crippen molar-refractivity contribution < 1.29 is 9.59 Å². The van der Waals surface area contributed by atoms with Crippen LogP contribution >= 0.6 is 0 Å². The molecule has 0 rings (SSSR count). The quantitative estimate of drug-likeness (QED) is 0.474. The monoisotopic (exact) mass is 268 g/mol. The molecule has 19 heavy (non-hydrogen) atoms. The van der Waals surface area contributed by atoms with Gasteiger partial charge in [0.15, 0.2) is 0 Å². The Morgan fingerprint density at radius 2 is 1.58 bits per heavy atom. The summed E-state index contributed by atoms with van der Waals surface area (Å²) in [7, 11) is 3.61. The second-order valence-corrected chi connectivity index (χ2v) is 3.02. The zero-order chi connectivity index (χ0) is 15.7. The van der Waals surface area contributed by atoms with E-state index in [1.54, 1.807) is 43.4 Å². The summed E-state index contributed by atoms with van der Waals surface area (Å²) in [5.41, 5.74) is 0.421. The first-order valence-corrected chi connectivity index (χ1v) is 6.54. The molecule has 0 radical (unpaired) electrons. The van der Waals surface area contributed by atoms with Crippen LogP contribution in [0.4, 0.5) is 0 Å². The summed E-state index contributed by atoms with van der Waals surface area (Å²) in [6.45, 7) is 9.88. The Balaban J connectivity index is -0.000000579. The number of hydrogen-bond donors (Lipinski definition) is 1. The van der Waals surface area contributed by atoms with Crippen molar-refractivity contribution in [3.63, 3.8) is 0 Å². The Hall–Kier alpha value is -1.84. The molecule has 110 valence electrons. The first-order chi connectivity index (χ1) is 9.11. The molecule has 0 aliphatic carbocycles. The van der Waals surface area contributed by atoms with Crippen molar-refractivity contribution in [2.45, 2.75) is 34.6 Å². The van der Waals surface area contributed by atoms with Gasteiger partial charge in [0, 0.05) is 20.3 Å². The summed E-state index contributed by atoms with van der Waals surface area (Å²) in [5, 5.41) is 2.09. The highest BCUT2D eigenvalue weighted by Gasteiger charge is 2.04. The normalized spacial score (nSPS) is 10.2. The number of nitrogens with zero attached hydrogens (tertiary/aromatic N) is 1. The summed E-state index contributed by atoms with van der Waals surface area (Å²) in [6.07, 6.45) is 9.03. The molecule has 0 spiro atoms. The Labute approximate surface area is 117 Å². The van der Waals surface area contributed by atoms with Gasteiger partial charge in [-0.1, -0.05) is 45.9 Å². The van der Waals surface area contributed by atoms with Crippen molar-refractivity contribution in [3.8, 4) is 0 Å². The largest absolute Gasteiger partial charge is 0.383 e. The molecule has 0 unspecified atom stereocenters. The van der Waals surface area contributed by atoms with Gasteiger partial charge in [0.05, 0.1) is 5.57 Å². The van der Waals surface area contributed by atoms with Gasteiger partial charge in [0.1, 0.15) is 0 Å². The van der Waals surface area contributed by atoms with Crippen molar-refractivity contribution >= 4 is 12.3 Å². The van der Waals surface area contributed by atoms with Crippen LogP contribution in [0, 0.1) is 0 Å². The van der Waals surface area contributed by atoms with E-state index in [-0.39, 0.29) is 0 Å². The lowest BCUT2D eigenvalue weighted by molar-refractivity contribution is -0.122. The molecule has 0 heterocycles. The molecule has 1 N–H and O–H groups in total. The Bertz CT molecular complexity index is 303. The van der Waals surface area contributed by atoms with Crippen LogP contribution < -0.4 is 5.32 Å². The van der Waals surface area contributed by atoms with E-state index in [0.717, 1.165) is 0 Å². The number of carbonyl (C=O) groups is 2. The van der Waals surface area contributed by atoms with Crippen LogP contribution in [-0.2, 0) is 9.59 Å². The third-order valence-corrected chi connectivity index (χ3v) is 1.43. The third-order valence-electron chi connectivity index (χ3n) is 1.43. The van der Waals surface area contributed by atoms with Gasteiger partial charge in [-0.15, -0.1) is 0 Å². The summed E-state index contributed by atoms with van der Waals surface area (Å²) in [6, 6.07) is 0. The molecular weight excluding hydrogens is 240 g/mol. The Morgan fingerprint density at radius 1 is 1.05 bits per heavy atom. The van der Waals surface area contributed by atoms with Crippen molar-refractivity contribution in [3.05, 3.63) is 36.1 Å². The molecule has 0 aliphatic heterocycles. The maximum atomic E-state index is 11.4. The second kappa shape index (κ2) is 18.5. The predicted molar refractivity (Wildman–Crippen MR) is 82.6 cm³/mol. The number of nitrogens with one attached hydrogen (secondary N) is 1. The highest BCUT2D eigenvalue weighted by Crippen LogP contribution is 1.98. The van der Waals surface area contributed by atoms with Crippen LogP contribution in [0.1, 0.15) is 34.6 Å². The summed E-state index contributed by atoms with van der Waals surface area (Å²) < 4.78 is 0.